The highest BCUT2D eigenvalue weighted by atomic mass is 16.5. The average Bonchev–Trinajstić information content (AvgIpc) is 2.67. The molecule has 6 nitrogen and oxygen atoms in total. The predicted molar refractivity (Wildman–Crippen MR) is 92.0 cm³/mol. The Morgan fingerprint density at radius 1 is 1.00 bits per heavy atom. The molecule has 1 aliphatic heterocycles. The number of ether oxygens (including phenoxy) is 1. The molecule has 0 spiro atoms. The first kappa shape index (κ1) is 16.7. The fourth-order valence-electron chi connectivity index (χ4n) is 2.80. The summed E-state index contributed by atoms with van der Waals surface area (Å²) in [4.78, 5) is 37.5. The summed E-state index contributed by atoms with van der Waals surface area (Å²) in [6.07, 6.45) is 0.739. The topological polar surface area (TPSA) is 75.7 Å². The lowest BCUT2D eigenvalue weighted by atomic mass is 10.00. The van der Waals surface area contributed by atoms with Crippen molar-refractivity contribution in [2.75, 3.05) is 19.0 Å². The molecule has 0 fully saturated rings. The van der Waals surface area contributed by atoms with E-state index in [1.54, 1.807) is 17.0 Å². The second-order valence-electron chi connectivity index (χ2n) is 5.77. The second-order valence-corrected chi connectivity index (χ2v) is 5.77. The summed E-state index contributed by atoms with van der Waals surface area (Å²) >= 11 is 0. The van der Waals surface area contributed by atoms with Gasteiger partial charge in [0.2, 0.25) is 0 Å². The van der Waals surface area contributed by atoms with Crippen molar-refractivity contribution < 1.29 is 19.1 Å². The van der Waals surface area contributed by atoms with E-state index in [4.69, 9.17) is 0 Å². The summed E-state index contributed by atoms with van der Waals surface area (Å²) in [6, 6.07) is 14.1. The third-order valence-electron chi connectivity index (χ3n) is 4.18. The van der Waals surface area contributed by atoms with Crippen LogP contribution in [0.25, 0.3) is 0 Å². The Balaban J connectivity index is 1.63. The summed E-state index contributed by atoms with van der Waals surface area (Å²) in [5.41, 5.74) is 3.10. The number of nitrogens with zero attached hydrogens (tertiary/aromatic N) is 1. The Hall–Kier alpha value is -3.15. The van der Waals surface area contributed by atoms with Crippen LogP contribution >= 0.6 is 0 Å². The number of amides is 2. The van der Waals surface area contributed by atoms with E-state index in [0.29, 0.717) is 24.3 Å². The first-order chi connectivity index (χ1) is 12.1. The molecule has 0 radical (unpaired) electrons. The lowest BCUT2D eigenvalue weighted by molar-refractivity contribution is -0.143. The molecule has 2 aromatic rings. The minimum absolute atomic E-state index is 0.375. The first-order valence-corrected chi connectivity index (χ1v) is 7.94. The fourth-order valence-corrected chi connectivity index (χ4v) is 2.80. The second kappa shape index (κ2) is 7.17. The average molecular weight is 338 g/mol. The number of methoxy groups -OCH3 is 1. The van der Waals surface area contributed by atoms with Gasteiger partial charge in [0, 0.05) is 18.8 Å². The van der Waals surface area contributed by atoms with Gasteiger partial charge in [-0.2, -0.15) is 0 Å². The van der Waals surface area contributed by atoms with E-state index in [1.165, 1.54) is 24.8 Å². The molecule has 2 aromatic carbocycles. The van der Waals surface area contributed by atoms with E-state index in [0.717, 1.165) is 12.0 Å². The van der Waals surface area contributed by atoms with Crippen LogP contribution in [-0.2, 0) is 27.3 Å². The number of nitrogens with one attached hydrogen (secondary N) is 1. The van der Waals surface area contributed by atoms with Gasteiger partial charge >= 0.3 is 17.8 Å². The summed E-state index contributed by atoms with van der Waals surface area (Å²) < 4.78 is 4.62. The molecule has 0 unspecified atom stereocenters. The Morgan fingerprint density at radius 3 is 2.36 bits per heavy atom. The van der Waals surface area contributed by atoms with E-state index < -0.39 is 17.8 Å². The standard InChI is InChI=1S/C19H18N2O4/c1-25-19(24)14-6-8-16(9-7-14)20-17(22)18(23)21-11-10-13-4-2-3-5-15(13)12-21/h2-9H,10-12H2,1H3,(H,20,22). The molecule has 128 valence electrons. The predicted octanol–water partition coefficient (Wildman–Crippen LogP) is 2.00. The molecule has 0 saturated carbocycles. The number of hydrogen-bond acceptors (Lipinski definition) is 4. The summed E-state index contributed by atoms with van der Waals surface area (Å²) in [7, 11) is 1.30. The van der Waals surface area contributed by atoms with Gasteiger partial charge in [-0.05, 0) is 41.8 Å². The van der Waals surface area contributed by atoms with Crippen molar-refractivity contribution >= 4 is 23.5 Å². The van der Waals surface area contributed by atoms with Crippen molar-refractivity contribution in [3.05, 3.63) is 65.2 Å². The van der Waals surface area contributed by atoms with Crippen molar-refractivity contribution in [2.45, 2.75) is 13.0 Å². The maximum Gasteiger partial charge on any atom is 0.337 e. The smallest absolute Gasteiger partial charge is 0.337 e. The molecule has 1 aliphatic rings. The molecule has 0 saturated heterocycles. The summed E-state index contributed by atoms with van der Waals surface area (Å²) in [6.45, 7) is 0.953. The number of esters is 1. The largest absolute Gasteiger partial charge is 0.465 e. The molecule has 25 heavy (non-hydrogen) atoms. The molecule has 3 rings (SSSR count). The molecule has 0 bridgehead atoms. The fraction of sp³-hybridized carbons (Fsp3) is 0.211. The van der Waals surface area contributed by atoms with Gasteiger partial charge in [-0.1, -0.05) is 24.3 Å². The molecular weight excluding hydrogens is 320 g/mol. The van der Waals surface area contributed by atoms with E-state index in [9.17, 15) is 14.4 Å². The van der Waals surface area contributed by atoms with Gasteiger partial charge in [0.05, 0.1) is 12.7 Å². The zero-order valence-corrected chi connectivity index (χ0v) is 13.8. The van der Waals surface area contributed by atoms with Crippen LogP contribution in [0.15, 0.2) is 48.5 Å². The van der Waals surface area contributed by atoms with Crippen LogP contribution in [-0.4, -0.2) is 36.3 Å². The number of rotatable bonds is 2. The maximum absolute atomic E-state index is 12.4. The van der Waals surface area contributed by atoms with E-state index in [1.807, 2.05) is 24.3 Å². The molecule has 2 amide bonds. The normalized spacial score (nSPS) is 12.9. The summed E-state index contributed by atoms with van der Waals surface area (Å²) in [5, 5.41) is 2.56. The molecule has 6 heteroatoms. The van der Waals surface area contributed by atoms with E-state index in [-0.39, 0.29) is 0 Å². The van der Waals surface area contributed by atoms with Crippen molar-refractivity contribution in [2.24, 2.45) is 0 Å². The number of carbonyl (C=O) groups excluding carboxylic acids is 3. The number of hydrogen-bond donors (Lipinski definition) is 1. The number of carbonyl (C=O) groups is 3. The highest BCUT2D eigenvalue weighted by Crippen LogP contribution is 2.19. The Morgan fingerprint density at radius 2 is 1.68 bits per heavy atom. The Kier molecular flexibility index (Phi) is 4.79. The lowest BCUT2D eigenvalue weighted by Crippen LogP contribution is -2.42. The monoisotopic (exact) mass is 338 g/mol. The van der Waals surface area contributed by atoms with Gasteiger partial charge in [-0.15, -0.1) is 0 Å². The van der Waals surface area contributed by atoms with Crippen LogP contribution in [0.3, 0.4) is 0 Å². The minimum Gasteiger partial charge on any atom is -0.465 e. The minimum atomic E-state index is -0.690. The molecular formula is C19H18N2O4. The van der Waals surface area contributed by atoms with E-state index >= 15 is 0 Å². The Labute approximate surface area is 145 Å². The van der Waals surface area contributed by atoms with Crippen molar-refractivity contribution in [1.29, 1.82) is 0 Å². The zero-order chi connectivity index (χ0) is 17.8. The van der Waals surface area contributed by atoms with Gasteiger partial charge in [-0.25, -0.2) is 4.79 Å². The van der Waals surface area contributed by atoms with Crippen LogP contribution in [0.1, 0.15) is 21.5 Å². The number of anilines is 1. The molecule has 1 heterocycles. The van der Waals surface area contributed by atoms with Crippen molar-refractivity contribution in [1.82, 2.24) is 4.90 Å². The quantitative estimate of drug-likeness (QED) is 0.671. The lowest BCUT2D eigenvalue weighted by Gasteiger charge is -2.28. The zero-order valence-electron chi connectivity index (χ0n) is 13.8. The van der Waals surface area contributed by atoms with Crippen LogP contribution in [0, 0.1) is 0 Å². The SMILES string of the molecule is COC(=O)c1ccc(NC(=O)C(=O)N2CCc3ccccc3C2)cc1. The van der Waals surface area contributed by atoms with Gasteiger partial charge in [0.1, 0.15) is 0 Å². The maximum atomic E-state index is 12.4. The van der Waals surface area contributed by atoms with E-state index in [2.05, 4.69) is 10.1 Å². The highest BCUT2D eigenvalue weighted by Gasteiger charge is 2.25. The molecule has 0 aromatic heterocycles. The van der Waals surface area contributed by atoms with Gasteiger partial charge in [0.25, 0.3) is 0 Å². The molecule has 1 N–H and O–H groups in total. The van der Waals surface area contributed by atoms with Crippen LogP contribution in [0.5, 0.6) is 0 Å². The molecule has 0 aliphatic carbocycles. The number of fused-ring (bicyclic) bond motifs is 1. The third kappa shape index (κ3) is 3.68. The van der Waals surface area contributed by atoms with Crippen LogP contribution in [0.4, 0.5) is 5.69 Å². The van der Waals surface area contributed by atoms with Crippen molar-refractivity contribution in [3.63, 3.8) is 0 Å². The first-order valence-electron chi connectivity index (χ1n) is 7.94. The Bertz CT molecular complexity index is 814. The van der Waals surface area contributed by atoms with Gasteiger partial charge in [0.15, 0.2) is 0 Å². The third-order valence-corrected chi connectivity index (χ3v) is 4.18. The molecule has 0 atom stereocenters. The van der Waals surface area contributed by atoms with Crippen molar-refractivity contribution in [3.8, 4) is 0 Å². The van der Waals surface area contributed by atoms with Gasteiger partial charge in [-0.3, -0.25) is 9.59 Å². The van der Waals surface area contributed by atoms with Crippen LogP contribution < -0.4 is 5.32 Å². The summed E-state index contributed by atoms with van der Waals surface area (Å²) in [5.74, 6) is -1.71. The number of benzene rings is 2. The van der Waals surface area contributed by atoms with Crippen LogP contribution in [0.2, 0.25) is 0 Å². The van der Waals surface area contributed by atoms with Gasteiger partial charge < -0.3 is 15.0 Å². The highest BCUT2D eigenvalue weighted by molar-refractivity contribution is 6.39.